The SMILES string of the molecule is CCNC(=NCCN(C)C1CCCC1)N1CCN(S(=O)(=O)Cc2ccon2)CC1. The average molecular weight is 427 g/mol. The summed E-state index contributed by atoms with van der Waals surface area (Å²) in [6.07, 6.45) is 6.66. The van der Waals surface area contributed by atoms with Crippen LogP contribution in [0.4, 0.5) is 0 Å². The Bertz CT molecular complexity index is 738. The summed E-state index contributed by atoms with van der Waals surface area (Å²) in [4.78, 5) is 9.38. The molecular weight excluding hydrogens is 392 g/mol. The average Bonchev–Trinajstić information content (AvgIpc) is 3.41. The number of aliphatic imine (C=N–C) groups is 1. The van der Waals surface area contributed by atoms with Crippen molar-refractivity contribution >= 4 is 16.0 Å². The number of nitrogens with zero attached hydrogens (tertiary/aromatic N) is 5. The molecule has 9 nitrogen and oxygen atoms in total. The fraction of sp³-hybridized carbons (Fsp3) is 0.789. The van der Waals surface area contributed by atoms with Gasteiger partial charge in [-0.3, -0.25) is 4.99 Å². The molecule has 0 spiro atoms. The zero-order valence-corrected chi connectivity index (χ0v) is 18.4. The maximum absolute atomic E-state index is 12.6. The minimum atomic E-state index is -3.39. The number of nitrogens with one attached hydrogen (secondary N) is 1. The van der Waals surface area contributed by atoms with Crippen LogP contribution in [0.5, 0.6) is 0 Å². The topological polar surface area (TPSA) is 94.3 Å². The molecule has 1 aliphatic carbocycles. The van der Waals surface area contributed by atoms with Crippen molar-refractivity contribution in [2.75, 3.05) is 52.9 Å². The molecule has 10 heteroatoms. The van der Waals surface area contributed by atoms with Crippen LogP contribution >= 0.6 is 0 Å². The Balaban J connectivity index is 1.50. The fourth-order valence-corrected chi connectivity index (χ4v) is 5.46. The van der Waals surface area contributed by atoms with Gasteiger partial charge in [-0.2, -0.15) is 4.31 Å². The monoisotopic (exact) mass is 426 g/mol. The lowest BCUT2D eigenvalue weighted by Gasteiger charge is -2.35. The van der Waals surface area contributed by atoms with Crippen LogP contribution in [-0.2, 0) is 15.8 Å². The molecule has 164 valence electrons. The molecule has 0 radical (unpaired) electrons. The van der Waals surface area contributed by atoms with Gasteiger partial charge in [0.2, 0.25) is 10.0 Å². The summed E-state index contributed by atoms with van der Waals surface area (Å²) in [5.74, 6) is 0.756. The van der Waals surface area contributed by atoms with E-state index in [2.05, 4.69) is 34.2 Å². The molecule has 1 saturated carbocycles. The van der Waals surface area contributed by atoms with Crippen molar-refractivity contribution in [1.29, 1.82) is 0 Å². The number of rotatable bonds is 8. The predicted molar refractivity (Wildman–Crippen MR) is 113 cm³/mol. The maximum Gasteiger partial charge on any atom is 0.220 e. The Hall–Kier alpha value is -1.65. The minimum absolute atomic E-state index is 0.120. The van der Waals surface area contributed by atoms with Gasteiger partial charge in [0.1, 0.15) is 12.0 Å². The molecule has 0 unspecified atom stereocenters. The first kappa shape index (κ1) is 22.0. The van der Waals surface area contributed by atoms with E-state index in [9.17, 15) is 8.42 Å². The second-order valence-electron chi connectivity index (χ2n) is 7.79. The lowest BCUT2D eigenvalue weighted by Crippen LogP contribution is -2.54. The fourth-order valence-electron chi connectivity index (χ4n) is 4.04. The van der Waals surface area contributed by atoms with E-state index in [1.54, 1.807) is 6.07 Å². The van der Waals surface area contributed by atoms with Gasteiger partial charge in [-0.1, -0.05) is 18.0 Å². The van der Waals surface area contributed by atoms with Crippen molar-refractivity contribution < 1.29 is 12.9 Å². The predicted octanol–water partition coefficient (Wildman–Crippen LogP) is 0.962. The molecule has 0 aromatic carbocycles. The summed E-state index contributed by atoms with van der Waals surface area (Å²) in [5, 5.41) is 7.07. The van der Waals surface area contributed by atoms with E-state index in [1.165, 1.54) is 36.3 Å². The summed E-state index contributed by atoms with van der Waals surface area (Å²) in [5.41, 5.74) is 0.439. The van der Waals surface area contributed by atoms with Gasteiger partial charge in [-0.15, -0.1) is 0 Å². The van der Waals surface area contributed by atoms with Crippen molar-refractivity contribution in [3.8, 4) is 0 Å². The van der Waals surface area contributed by atoms with Gasteiger partial charge in [0.25, 0.3) is 0 Å². The largest absolute Gasteiger partial charge is 0.364 e. The van der Waals surface area contributed by atoms with Gasteiger partial charge in [0.15, 0.2) is 5.96 Å². The van der Waals surface area contributed by atoms with E-state index in [0.717, 1.165) is 25.6 Å². The zero-order valence-electron chi connectivity index (χ0n) is 17.6. The number of guanidine groups is 1. The van der Waals surface area contributed by atoms with Gasteiger partial charge < -0.3 is 19.6 Å². The van der Waals surface area contributed by atoms with E-state index >= 15 is 0 Å². The molecular formula is C19H34N6O3S. The molecule has 1 saturated heterocycles. The third-order valence-corrected chi connectivity index (χ3v) is 7.56. The lowest BCUT2D eigenvalue weighted by molar-refractivity contribution is 0.248. The van der Waals surface area contributed by atoms with E-state index in [4.69, 9.17) is 9.52 Å². The molecule has 1 aromatic rings. The van der Waals surface area contributed by atoms with E-state index in [1.807, 2.05) is 0 Å². The van der Waals surface area contributed by atoms with Crippen LogP contribution in [-0.4, -0.2) is 92.5 Å². The maximum atomic E-state index is 12.6. The van der Waals surface area contributed by atoms with Crippen molar-refractivity contribution in [1.82, 2.24) is 24.6 Å². The highest BCUT2D eigenvalue weighted by Crippen LogP contribution is 2.22. The van der Waals surface area contributed by atoms with Crippen LogP contribution in [0.2, 0.25) is 0 Å². The van der Waals surface area contributed by atoms with Gasteiger partial charge in [0.05, 0.1) is 12.2 Å². The number of hydrogen-bond acceptors (Lipinski definition) is 6. The Morgan fingerprint density at radius 3 is 2.66 bits per heavy atom. The standard InChI is InChI=1S/C19H34N6O3S/c1-3-20-19(21-9-10-23(2)18-6-4-5-7-18)24-11-13-25(14-12-24)29(26,27)16-17-8-15-28-22-17/h8,15,18H,3-7,9-14,16H2,1-2H3,(H,20,21). The summed E-state index contributed by atoms with van der Waals surface area (Å²) in [7, 11) is -1.20. The van der Waals surface area contributed by atoms with E-state index < -0.39 is 10.0 Å². The second-order valence-corrected chi connectivity index (χ2v) is 9.76. The molecule has 1 aromatic heterocycles. The number of piperazine rings is 1. The van der Waals surface area contributed by atoms with E-state index in [0.29, 0.717) is 37.9 Å². The number of likely N-dealkylation sites (N-methyl/N-ethyl adjacent to an activating group) is 1. The molecule has 1 aliphatic heterocycles. The lowest BCUT2D eigenvalue weighted by atomic mass is 10.2. The number of sulfonamides is 1. The molecule has 2 fully saturated rings. The molecule has 29 heavy (non-hydrogen) atoms. The molecule has 1 N–H and O–H groups in total. The first-order valence-electron chi connectivity index (χ1n) is 10.6. The minimum Gasteiger partial charge on any atom is -0.364 e. The van der Waals surface area contributed by atoms with Crippen LogP contribution < -0.4 is 5.32 Å². The molecule has 0 amide bonds. The van der Waals surface area contributed by atoms with Crippen LogP contribution in [0.25, 0.3) is 0 Å². The molecule has 0 bridgehead atoms. The van der Waals surface area contributed by atoms with Gasteiger partial charge in [-0.25, -0.2) is 8.42 Å². The van der Waals surface area contributed by atoms with Gasteiger partial charge in [0, 0.05) is 51.4 Å². The van der Waals surface area contributed by atoms with Crippen molar-refractivity contribution in [2.24, 2.45) is 4.99 Å². The summed E-state index contributed by atoms with van der Waals surface area (Å²) < 4.78 is 31.5. The molecule has 2 aliphatic rings. The van der Waals surface area contributed by atoms with Gasteiger partial charge >= 0.3 is 0 Å². The second kappa shape index (κ2) is 10.4. The van der Waals surface area contributed by atoms with Crippen LogP contribution in [0.1, 0.15) is 38.3 Å². The Morgan fingerprint density at radius 1 is 1.31 bits per heavy atom. The summed E-state index contributed by atoms with van der Waals surface area (Å²) in [6.45, 7) is 6.70. The smallest absolute Gasteiger partial charge is 0.220 e. The highest BCUT2D eigenvalue weighted by molar-refractivity contribution is 7.88. The Labute approximate surface area is 174 Å². The quantitative estimate of drug-likeness (QED) is 0.489. The number of aromatic nitrogens is 1. The van der Waals surface area contributed by atoms with Crippen LogP contribution in [0.15, 0.2) is 21.8 Å². The Kier molecular flexibility index (Phi) is 7.91. The van der Waals surface area contributed by atoms with Crippen molar-refractivity contribution in [3.63, 3.8) is 0 Å². The zero-order chi connectivity index (χ0) is 20.7. The third kappa shape index (κ3) is 6.16. The highest BCUT2D eigenvalue weighted by Gasteiger charge is 2.29. The van der Waals surface area contributed by atoms with Crippen LogP contribution in [0, 0.1) is 0 Å². The molecule has 0 atom stereocenters. The van der Waals surface area contributed by atoms with Crippen molar-refractivity contribution in [2.45, 2.75) is 44.4 Å². The molecule has 2 heterocycles. The molecule has 3 rings (SSSR count). The third-order valence-electron chi connectivity index (χ3n) is 5.75. The normalized spacial score (nSPS) is 20.0. The van der Waals surface area contributed by atoms with Crippen molar-refractivity contribution in [3.05, 3.63) is 18.0 Å². The first-order valence-corrected chi connectivity index (χ1v) is 12.2. The highest BCUT2D eigenvalue weighted by atomic mass is 32.2. The first-order chi connectivity index (χ1) is 14.0. The summed E-state index contributed by atoms with van der Waals surface area (Å²) >= 11 is 0. The summed E-state index contributed by atoms with van der Waals surface area (Å²) in [6, 6.07) is 2.29. The van der Waals surface area contributed by atoms with Crippen LogP contribution in [0.3, 0.4) is 0 Å². The Morgan fingerprint density at radius 2 is 2.03 bits per heavy atom. The van der Waals surface area contributed by atoms with E-state index in [-0.39, 0.29) is 5.75 Å². The van der Waals surface area contributed by atoms with Gasteiger partial charge in [-0.05, 0) is 26.8 Å². The number of hydrogen-bond donors (Lipinski definition) is 1.